The molecule has 1 aromatic heterocycles. The number of nitrogens with zero attached hydrogens (tertiary/aromatic N) is 4. The second-order valence-corrected chi connectivity index (χ2v) is 7.06. The molecule has 1 amide bonds. The van der Waals surface area contributed by atoms with Crippen molar-refractivity contribution in [2.75, 3.05) is 25.0 Å². The van der Waals surface area contributed by atoms with E-state index in [1.165, 1.54) is 5.56 Å². The van der Waals surface area contributed by atoms with E-state index in [1.54, 1.807) is 11.9 Å². The summed E-state index contributed by atoms with van der Waals surface area (Å²) in [6.07, 6.45) is 2.04. The second-order valence-electron chi connectivity index (χ2n) is 7.06. The van der Waals surface area contributed by atoms with Crippen molar-refractivity contribution < 1.29 is 4.79 Å². The first-order chi connectivity index (χ1) is 12.0. The fourth-order valence-corrected chi connectivity index (χ4v) is 3.30. The van der Waals surface area contributed by atoms with Crippen LogP contribution in [0, 0.1) is 6.92 Å². The van der Waals surface area contributed by atoms with Crippen molar-refractivity contribution in [3.05, 3.63) is 41.2 Å². The molecule has 0 saturated carbocycles. The summed E-state index contributed by atoms with van der Waals surface area (Å²) in [6.45, 7) is 8.22. The Morgan fingerprint density at radius 3 is 2.42 bits per heavy atom. The van der Waals surface area contributed by atoms with Gasteiger partial charge in [-0.05, 0) is 56.5 Å². The number of hydrogen-bond acceptors (Lipinski definition) is 4. The summed E-state index contributed by atoms with van der Waals surface area (Å²) in [4.78, 5) is 14.5. The highest BCUT2D eigenvalue weighted by Gasteiger charge is 2.25. The van der Waals surface area contributed by atoms with Crippen LogP contribution in [0.3, 0.4) is 0 Å². The number of anilines is 1. The lowest BCUT2D eigenvalue weighted by molar-refractivity contribution is 0.0987. The summed E-state index contributed by atoms with van der Waals surface area (Å²) in [5.41, 5.74) is 3.42. The molecule has 1 fully saturated rings. The van der Waals surface area contributed by atoms with Gasteiger partial charge in [0.15, 0.2) is 5.69 Å². The van der Waals surface area contributed by atoms with Gasteiger partial charge in [0.1, 0.15) is 0 Å². The van der Waals surface area contributed by atoms with Crippen LogP contribution >= 0.6 is 12.4 Å². The van der Waals surface area contributed by atoms with E-state index in [-0.39, 0.29) is 18.3 Å². The van der Waals surface area contributed by atoms with E-state index in [9.17, 15) is 4.79 Å². The molecule has 1 aliphatic heterocycles. The van der Waals surface area contributed by atoms with Crippen molar-refractivity contribution in [2.24, 2.45) is 0 Å². The molecule has 1 saturated heterocycles. The lowest BCUT2D eigenvalue weighted by Gasteiger charge is -2.23. The van der Waals surface area contributed by atoms with Crippen LogP contribution in [0.2, 0.25) is 0 Å². The Morgan fingerprint density at radius 2 is 1.85 bits per heavy atom. The van der Waals surface area contributed by atoms with E-state index in [0.29, 0.717) is 17.7 Å². The molecule has 26 heavy (non-hydrogen) atoms. The summed E-state index contributed by atoms with van der Waals surface area (Å²) >= 11 is 0. The van der Waals surface area contributed by atoms with Crippen LogP contribution in [0.5, 0.6) is 0 Å². The number of aromatic nitrogens is 3. The summed E-state index contributed by atoms with van der Waals surface area (Å²) in [6, 6.07) is 8.44. The Kier molecular flexibility index (Phi) is 6.78. The van der Waals surface area contributed by atoms with Gasteiger partial charge in [-0.1, -0.05) is 31.2 Å². The van der Waals surface area contributed by atoms with Gasteiger partial charge in [-0.3, -0.25) is 4.79 Å². The smallest absolute Gasteiger partial charge is 0.280 e. The number of piperidine rings is 1. The Balaban J connectivity index is 0.00000243. The Morgan fingerprint density at radius 1 is 1.23 bits per heavy atom. The van der Waals surface area contributed by atoms with Crippen LogP contribution in [-0.4, -0.2) is 41.0 Å². The van der Waals surface area contributed by atoms with E-state index in [4.69, 9.17) is 0 Å². The normalized spacial score (nSPS) is 15.0. The molecule has 0 atom stereocenters. The minimum Gasteiger partial charge on any atom is -0.317 e. The van der Waals surface area contributed by atoms with Gasteiger partial charge in [0.05, 0.1) is 11.7 Å². The van der Waals surface area contributed by atoms with Gasteiger partial charge in [-0.25, -0.2) is 4.68 Å². The van der Waals surface area contributed by atoms with Crippen LogP contribution in [0.25, 0.3) is 0 Å². The minimum atomic E-state index is -0.116. The van der Waals surface area contributed by atoms with Gasteiger partial charge in [0.2, 0.25) is 0 Å². The molecule has 2 heterocycles. The first-order valence-corrected chi connectivity index (χ1v) is 8.99. The molecular formula is C19H28ClN5O. The molecule has 1 N–H and O–H groups in total. The molecule has 7 heteroatoms. The molecule has 0 aliphatic carbocycles. The standard InChI is InChI=1S/C19H27N5O.ClH/c1-13(2)15-5-7-16(8-6-15)23(4)19(25)18-14(3)24(22-21-18)17-9-11-20-12-10-17;/h5-8,13,17,20H,9-12H2,1-4H3;1H. The molecule has 1 aliphatic rings. The molecule has 2 aromatic rings. The van der Waals surface area contributed by atoms with Gasteiger partial charge in [-0.15, -0.1) is 17.5 Å². The highest BCUT2D eigenvalue weighted by atomic mass is 35.5. The quantitative estimate of drug-likeness (QED) is 0.887. The fraction of sp³-hybridized carbons (Fsp3) is 0.526. The number of halogens is 1. The second kappa shape index (κ2) is 8.64. The highest BCUT2D eigenvalue weighted by molar-refractivity contribution is 6.05. The van der Waals surface area contributed by atoms with Gasteiger partial charge < -0.3 is 10.2 Å². The Bertz CT molecular complexity index is 735. The third kappa shape index (κ3) is 4.07. The number of carbonyl (C=O) groups is 1. The van der Waals surface area contributed by atoms with Crippen LogP contribution in [-0.2, 0) is 0 Å². The zero-order chi connectivity index (χ0) is 18.0. The van der Waals surface area contributed by atoms with E-state index in [2.05, 4.69) is 41.6 Å². The summed E-state index contributed by atoms with van der Waals surface area (Å²) in [5.74, 6) is 0.358. The number of rotatable bonds is 4. The topological polar surface area (TPSA) is 63.1 Å². The van der Waals surface area contributed by atoms with Gasteiger partial charge >= 0.3 is 0 Å². The van der Waals surface area contributed by atoms with Gasteiger partial charge in [-0.2, -0.15) is 0 Å². The van der Waals surface area contributed by atoms with Crippen molar-refractivity contribution in [3.63, 3.8) is 0 Å². The maximum absolute atomic E-state index is 12.9. The van der Waals surface area contributed by atoms with Crippen molar-refractivity contribution in [1.29, 1.82) is 0 Å². The van der Waals surface area contributed by atoms with Gasteiger partial charge in [0, 0.05) is 12.7 Å². The summed E-state index contributed by atoms with van der Waals surface area (Å²) < 4.78 is 1.92. The van der Waals surface area contributed by atoms with Crippen molar-refractivity contribution in [1.82, 2.24) is 20.3 Å². The average molecular weight is 378 g/mol. The van der Waals surface area contributed by atoms with Gasteiger partial charge in [0.25, 0.3) is 5.91 Å². The van der Waals surface area contributed by atoms with E-state index in [0.717, 1.165) is 37.3 Å². The molecule has 3 rings (SSSR count). The number of amides is 1. The first-order valence-electron chi connectivity index (χ1n) is 8.99. The average Bonchev–Trinajstić information content (AvgIpc) is 3.02. The van der Waals surface area contributed by atoms with Crippen molar-refractivity contribution in [3.8, 4) is 0 Å². The Hall–Kier alpha value is -1.92. The van der Waals surface area contributed by atoms with E-state index in [1.807, 2.05) is 23.7 Å². The van der Waals surface area contributed by atoms with Crippen molar-refractivity contribution in [2.45, 2.75) is 45.6 Å². The highest BCUT2D eigenvalue weighted by Crippen LogP contribution is 2.23. The molecule has 0 unspecified atom stereocenters. The molecule has 1 aromatic carbocycles. The van der Waals surface area contributed by atoms with E-state index >= 15 is 0 Å². The van der Waals surface area contributed by atoms with Crippen LogP contribution < -0.4 is 10.2 Å². The number of nitrogens with one attached hydrogen (secondary N) is 1. The van der Waals surface area contributed by atoms with E-state index < -0.39 is 0 Å². The molecule has 142 valence electrons. The predicted octanol–water partition coefficient (Wildman–Crippen LogP) is 3.33. The third-order valence-electron chi connectivity index (χ3n) is 5.04. The summed E-state index contributed by atoms with van der Waals surface area (Å²) in [5, 5.41) is 11.8. The maximum Gasteiger partial charge on any atom is 0.280 e. The predicted molar refractivity (Wildman–Crippen MR) is 106 cm³/mol. The zero-order valence-corrected chi connectivity index (χ0v) is 16.7. The zero-order valence-electron chi connectivity index (χ0n) is 15.9. The molecule has 0 bridgehead atoms. The SMILES string of the molecule is Cc1c(C(=O)N(C)c2ccc(C(C)C)cc2)nnn1C1CCNCC1.Cl. The lowest BCUT2D eigenvalue weighted by atomic mass is 10.0. The Labute approximate surface area is 161 Å². The minimum absolute atomic E-state index is 0. The molecule has 0 radical (unpaired) electrons. The summed E-state index contributed by atoms with van der Waals surface area (Å²) in [7, 11) is 1.79. The lowest BCUT2D eigenvalue weighted by Crippen LogP contribution is -2.31. The first kappa shape index (κ1) is 20.4. The molecular weight excluding hydrogens is 350 g/mol. The molecule has 6 nitrogen and oxygen atoms in total. The number of hydrogen-bond donors (Lipinski definition) is 1. The maximum atomic E-state index is 12.9. The largest absolute Gasteiger partial charge is 0.317 e. The van der Waals surface area contributed by atoms with Crippen LogP contribution in [0.15, 0.2) is 24.3 Å². The monoisotopic (exact) mass is 377 g/mol. The fourth-order valence-electron chi connectivity index (χ4n) is 3.30. The van der Waals surface area contributed by atoms with Crippen LogP contribution in [0.4, 0.5) is 5.69 Å². The number of benzene rings is 1. The van der Waals surface area contributed by atoms with Crippen LogP contribution in [0.1, 0.15) is 60.4 Å². The number of carbonyl (C=O) groups excluding carboxylic acids is 1. The molecule has 0 spiro atoms. The third-order valence-corrected chi connectivity index (χ3v) is 5.04. The van der Waals surface area contributed by atoms with Crippen molar-refractivity contribution >= 4 is 24.0 Å².